The van der Waals surface area contributed by atoms with Crippen molar-refractivity contribution in [1.82, 2.24) is 4.90 Å². The van der Waals surface area contributed by atoms with Crippen molar-refractivity contribution in [3.63, 3.8) is 0 Å². The maximum Gasteiger partial charge on any atom is 0.332 e. The SMILES string of the molecule is [C-]#[N+]c1ccc(N2C(=O)N(CCCOc3ccc(-c4cc[n+](O)cc4)cc3C)C(C)(C)C2=O)c(C)c1Cl. The number of carbonyl (C=O) groups excluding carboxylic acids is 2. The summed E-state index contributed by atoms with van der Waals surface area (Å²) >= 11 is 6.30. The number of rotatable bonds is 7. The maximum atomic E-state index is 13.3. The second-order valence-electron chi connectivity index (χ2n) is 9.44. The Morgan fingerprint density at radius 2 is 1.78 bits per heavy atom. The summed E-state index contributed by atoms with van der Waals surface area (Å²) in [4.78, 5) is 32.7. The second-order valence-corrected chi connectivity index (χ2v) is 9.82. The van der Waals surface area contributed by atoms with Gasteiger partial charge in [-0.3, -0.25) is 10.0 Å². The number of anilines is 1. The minimum absolute atomic E-state index is 0.239. The van der Waals surface area contributed by atoms with Gasteiger partial charge in [-0.15, -0.1) is 0 Å². The summed E-state index contributed by atoms with van der Waals surface area (Å²) in [6.07, 6.45) is 3.67. The minimum Gasteiger partial charge on any atom is -0.493 e. The monoisotopic (exact) mass is 519 g/mol. The fourth-order valence-electron chi connectivity index (χ4n) is 4.42. The first kappa shape index (κ1) is 26.0. The Morgan fingerprint density at radius 3 is 2.43 bits per heavy atom. The minimum atomic E-state index is -1.03. The van der Waals surface area contributed by atoms with Gasteiger partial charge in [0, 0.05) is 23.4 Å². The number of amides is 3. The molecule has 2 aromatic carbocycles. The zero-order valence-corrected chi connectivity index (χ0v) is 21.9. The molecule has 1 aliphatic heterocycles. The first-order chi connectivity index (χ1) is 17.6. The molecule has 0 bridgehead atoms. The number of aryl methyl sites for hydroxylation is 1. The first-order valence-corrected chi connectivity index (χ1v) is 12.2. The van der Waals surface area contributed by atoms with Gasteiger partial charge >= 0.3 is 6.03 Å². The highest BCUT2D eigenvalue weighted by Gasteiger charge is 2.51. The molecule has 0 spiro atoms. The topological polar surface area (TPSA) is 78.3 Å². The van der Waals surface area contributed by atoms with Crippen molar-refractivity contribution in [3.05, 3.63) is 82.4 Å². The van der Waals surface area contributed by atoms with E-state index in [0.717, 1.165) is 32.1 Å². The number of pyridine rings is 1. The predicted octanol–water partition coefficient (Wildman–Crippen LogP) is 5.72. The van der Waals surface area contributed by atoms with Gasteiger partial charge in [0.15, 0.2) is 0 Å². The van der Waals surface area contributed by atoms with Gasteiger partial charge in [0.1, 0.15) is 11.3 Å². The van der Waals surface area contributed by atoms with E-state index in [1.165, 1.54) is 6.07 Å². The van der Waals surface area contributed by atoms with Crippen LogP contribution in [0.1, 0.15) is 31.4 Å². The van der Waals surface area contributed by atoms with Gasteiger partial charge in [-0.1, -0.05) is 23.7 Å². The maximum absolute atomic E-state index is 13.3. The lowest BCUT2D eigenvalue weighted by Gasteiger charge is -2.27. The van der Waals surface area contributed by atoms with Gasteiger partial charge in [0.2, 0.25) is 18.1 Å². The summed E-state index contributed by atoms with van der Waals surface area (Å²) in [5, 5.41) is 9.65. The van der Waals surface area contributed by atoms with Crippen LogP contribution in [0.5, 0.6) is 5.75 Å². The summed E-state index contributed by atoms with van der Waals surface area (Å²) in [6, 6.07) is 12.2. The van der Waals surface area contributed by atoms with Gasteiger partial charge in [-0.05, 0) is 74.6 Å². The third kappa shape index (κ3) is 4.83. The van der Waals surface area contributed by atoms with Crippen LogP contribution in [0.3, 0.4) is 0 Å². The van der Waals surface area contributed by atoms with Crippen molar-refractivity contribution < 1.29 is 24.3 Å². The molecule has 0 saturated carbocycles. The number of benzene rings is 2. The predicted molar refractivity (Wildman–Crippen MR) is 140 cm³/mol. The normalized spacial score (nSPS) is 14.7. The lowest BCUT2D eigenvalue weighted by molar-refractivity contribution is -0.904. The van der Waals surface area contributed by atoms with Crippen LogP contribution in [0.25, 0.3) is 16.0 Å². The number of halogens is 1. The highest BCUT2D eigenvalue weighted by atomic mass is 35.5. The molecule has 4 rings (SSSR count). The Morgan fingerprint density at radius 1 is 1.08 bits per heavy atom. The molecule has 3 amide bonds. The molecule has 1 fully saturated rings. The largest absolute Gasteiger partial charge is 0.493 e. The average Bonchev–Trinajstić information content (AvgIpc) is 3.03. The van der Waals surface area contributed by atoms with Gasteiger partial charge < -0.3 is 9.64 Å². The van der Waals surface area contributed by atoms with Crippen LogP contribution in [-0.2, 0) is 4.79 Å². The molecule has 1 aromatic heterocycles. The number of hydrogen-bond acceptors (Lipinski definition) is 4. The van der Waals surface area contributed by atoms with Gasteiger partial charge in [-0.25, -0.2) is 14.5 Å². The molecule has 1 N–H and O–H groups in total. The van der Waals surface area contributed by atoms with Gasteiger partial charge in [0.25, 0.3) is 5.91 Å². The van der Waals surface area contributed by atoms with E-state index >= 15 is 0 Å². The van der Waals surface area contributed by atoms with E-state index in [-0.39, 0.29) is 16.6 Å². The summed E-state index contributed by atoms with van der Waals surface area (Å²) in [5.41, 5.74) is 3.10. The molecule has 3 aromatic rings. The van der Waals surface area contributed by atoms with Crippen LogP contribution in [0.15, 0.2) is 54.9 Å². The van der Waals surface area contributed by atoms with Crippen molar-refractivity contribution >= 4 is 34.9 Å². The molecule has 0 aliphatic carbocycles. The quantitative estimate of drug-likeness (QED) is 0.142. The van der Waals surface area contributed by atoms with Crippen molar-refractivity contribution in [2.75, 3.05) is 18.1 Å². The Labute approximate surface area is 221 Å². The van der Waals surface area contributed by atoms with Crippen LogP contribution >= 0.6 is 11.6 Å². The smallest absolute Gasteiger partial charge is 0.332 e. The molecule has 2 heterocycles. The fraction of sp³-hybridized carbons (Fsp3) is 0.286. The first-order valence-electron chi connectivity index (χ1n) is 11.8. The Hall–Kier alpha value is -4.09. The number of nitrogens with zero attached hydrogens (tertiary/aromatic N) is 4. The highest BCUT2D eigenvalue weighted by Crippen LogP contribution is 2.39. The molecule has 9 heteroatoms. The highest BCUT2D eigenvalue weighted by molar-refractivity contribution is 6.35. The summed E-state index contributed by atoms with van der Waals surface area (Å²) < 4.78 is 6.98. The van der Waals surface area contributed by atoms with Crippen LogP contribution in [0.4, 0.5) is 16.2 Å². The van der Waals surface area contributed by atoms with Gasteiger partial charge in [-0.2, -0.15) is 0 Å². The van der Waals surface area contributed by atoms with Crippen LogP contribution in [0.2, 0.25) is 5.02 Å². The van der Waals surface area contributed by atoms with Crippen molar-refractivity contribution in [2.24, 2.45) is 0 Å². The van der Waals surface area contributed by atoms with Crippen LogP contribution in [0, 0.1) is 20.4 Å². The van der Waals surface area contributed by atoms with E-state index in [0.29, 0.717) is 30.8 Å². The molecule has 8 nitrogen and oxygen atoms in total. The Balaban J connectivity index is 1.42. The van der Waals surface area contributed by atoms with E-state index in [2.05, 4.69) is 4.85 Å². The third-order valence-corrected chi connectivity index (χ3v) is 7.10. The van der Waals surface area contributed by atoms with E-state index in [4.69, 9.17) is 22.9 Å². The van der Waals surface area contributed by atoms with E-state index in [9.17, 15) is 14.8 Å². The van der Waals surface area contributed by atoms with Crippen LogP contribution < -0.4 is 14.4 Å². The van der Waals surface area contributed by atoms with E-state index in [1.54, 1.807) is 44.1 Å². The third-order valence-electron chi connectivity index (χ3n) is 6.63. The molecule has 190 valence electrons. The number of urea groups is 1. The number of hydrogen-bond donors (Lipinski definition) is 1. The lowest BCUT2D eigenvalue weighted by atomic mass is 10.0. The van der Waals surface area contributed by atoms with Crippen molar-refractivity contribution in [2.45, 2.75) is 39.7 Å². The standard InChI is InChI=1S/C28H28ClN4O4/c1-18-17-21(20-11-14-31(36)15-12-20)7-10-24(18)37-16-6-13-32-27(35)33(26(34)28(32,3)4)23-9-8-22(30-5)25(29)19(23)2/h7-12,14-15,17,36H,6,13,16H2,1-4H3/q+1. The number of imide groups is 1. The summed E-state index contributed by atoms with van der Waals surface area (Å²) in [6.45, 7) is 15.0. The molecule has 0 atom stereocenters. The summed E-state index contributed by atoms with van der Waals surface area (Å²) in [7, 11) is 0. The molecule has 0 radical (unpaired) electrons. The van der Waals surface area contributed by atoms with Crippen LogP contribution in [-0.4, -0.2) is 40.7 Å². The molecule has 37 heavy (non-hydrogen) atoms. The van der Waals surface area contributed by atoms with E-state index < -0.39 is 11.6 Å². The van der Waals surface area contributed by atoms with Gasteiger partial charge in [0.05, 0.1) is 23.9 Å². The second kappa shape index (κ2) is 10.1. The Bertz CT molecular complexity index is 1410. The average molecular weight is 520 g/mol. The molecular formula is C28H28ClN4O4+. The molecule has 0 unspecified atom stereocenters. The number of aromatic nitrogens is 1. The zero-order valence-electron chi connectivity index (χ0n) is 21.2. The summed E-state index contributed by atoms with van der Waals surface area (Å²) in [5.74, 6) is 0.402. The number of ether oxygens (including phenoxy) is 1. The fourth-order valence-corrected chi connectivity index (χ4v) is 4.62. The number of carbonyl (C=O) groups is 2. The van der Waals surface area contributed by atoms with Crippen molar-refractivity contribution in [3.8, 4) is 16.9 Å². The zero-order chi connectivity index (χ0) is 26.9. The van der Waals surface area contributed by atoms with E-state index in [1.807, 2.05) is 37.3 Å². The van der Waals surface area contributed by atoms with Crippen molar-refractivity contribution in [1.29, 1.82) is 0 Å². The molecular weight excluding hydrogens is 492 g/mol. The molecule has 1 saturated heterocycles. The Kier molecular flexibility index (Phi) is 7.10. The molecule has 1 aliphatic rings. The lowest BCUT2D eigenvalue weighted by Crippen LogP contribution is -2.44.